The summed E-state index contributed by atoms with van der Waals surface area (Å²) in [7, 11) is 0. The number of ether oxygens (including phenoxy) is 1. The summed E-state index contributed by atoms with van der Waals surface area (Å²) in [5.74, 6) is 1.48. The van der Waals surface area contributed by atoms with Gasteiger partial charge in [0.05, 0.1) is 18.9 Å². The van der Waals surface area contributed by atoms with E-state index in [-0.39, 0.29) is 0 Å². The second kappa shape index (κ2) is 8.08. The van der Waals surface area contributed by atoms with E-state index in [2.05, 4.69) is 20.2 Å². The van der Waals surface area contributed by atoms with Gasteiger partial charge in [-0.1, -0.05) is 6.07 Å². The quantitative estimate of drug-likeness (QED) is 0.762. The highest BCUT2D eigenvalue weighted by atomic mass is 16.5. The third kappa shape index (κ3) is 4.43. The van der Waals surface area contributed by atoms with Gasteiger partial charge >= 0.3 is 0 Å². The normalized spacial score (nSPS) is 14.9. The molecule has 0 radical (unpaired) electrons. The number of pyridine rings is 2. The SMILES string of the molecule is Cc1c(N)ccnc1Nc1cccc(COCCN2CCCC2)n1. The maximum atomic E-state index is 5.91. The zero-order chi connectivity index (χ0) is 16.8. The highest BCUT2D eigenvalue weighted by Gasteiger charge is 2.10. The van der Waals surface area contributed by atoms with Crippen LogP contribution in [0, 0.1) is 6.92 Å². The molecule has 3 N–H and O–H groups in total. The standard InChI is InChI=1S/C18H25N5O/c1-14-16(19)7-8-20-18(14)22-17-6-4-5-15(21-17)13-24-12-11-23-9-2-3-10-23/h4-8H,2-3,9-13H2,1H3,(H3,19,20,21,22). The number of hydrogen-bond acceptors (Lipinski definition) is 6. The molecule has 3 heterocycles. The number of nitrogen functional groups attached to an aromatic ring is 1. The summed E-state index contributed by atoms with van der Waals surface area (Å²) in [6.07, 6.45) is 4.31. The molecule has 1 saturated heterocycles. The van der Waals surface area contributed by atoms with Crippen molar-refractivity contribution in [2.24, 2.45) is 0 Å². The molecule has 0 aromatic carbocycles. The van der Waals surface area contributed by atoms with Gasteiger partial charge in [0.2, 0.25) is 0 Å². The molecule has 2 aromatic rings. The maximum absolute atomic E-state index is 5.91. The van der Waals surface area contributed by atoms with Crippen LogP contribution in [0.25, 0.3) is 0 Å². The molecule has 0 saturated carbocycles. The summed E-state index contributed by atoms with van der Waals surface area (Å²) in [6, 6.07) is 7.65. The van der Waals surface area contributed by atoms with Gasteiger partial charge in [-0.05, 0) is 51.1 Å². The summed E-state index contributed by atoms with van der Waals surface area (Å²) < 4.78 is 5.76. The molecular formula is C18H25N5O. The van der Waals surface area contributed by atoms with Crippen molar-refractivity contribution < 1.29 is 4.74 Å². The molecule has 1 aliphatic heterocycles. The molecule has 24 heavy (non-hydrogen) atoms. The van der Waals surface area contributed by atoms with Crippen molar-refractivity contribution in [3.05, 3.63) is 41.7 Å². The van der Waals surface area contributed by atoms with Crippen molar-refractivity contribution in [1.82, 2.24) is 14.9 Å². The first kappa shape index (κ1) is 16.7. The molecular weight excluding hydrogens is 302 g/mol. The van der Waals surface area contributed by atoms with Gasteiger partial charge in [0, 0.05) is 24.0 Å². The Labute approximate surface area is 143 Å². The van der Waals surface area contributed by atoms with Gasteiger partial charge in [-0.15, -0.1) is 0 Å². The van der Waals surface area contributed by atoms with Crippen LogP contribution in [0.2, 0.25) is 0 Å². The minimum atomic E-state index is 0.521. The number of nitrogens with two attached hydrogens (primary N) is 1. The van der Waals surface area contributed by atoms with Crippen LogP contribution in [0.5, 0.6) is 0 Å². The summed E-state index contributed by atoms with van der Waals surface area (Å²) in [6.45, 7) is 6.61. The largest absolute Gasteiger partial charge is 0.398 e. The van der Waals surface area contributed by atoms with Crippen molar-refractivity contribution in [3.8, 4) is 0 Å². The Morgan fingerprint density at radius 1 is 1.25 bits per heavy atom. The van der Waals surface area contributed by atoms with Crippen molar-refractivity contribution >= 4 is 17.3 Å². The van der Waals surface area contributed by atoms with Crippen molar-refractivity contribution in [1.29, 1.82) is 0 Å². The van der Waals surface area contributed by atoms with Crippen LogP contribution in [-0.2, 0) is 11.3 Å². The lowest BCUT2D eigenvalue weighted by molar-refractivity contribution is 0.0972. The van der Waals surface area contributed by atoms with Crippen molar-refractivity contribution in [2.75, 3.05) is 37.3 Å². The summed E-state index contributed by atoms with van der Waals surface area (Å²) in [5.41, 5.74) is 8.46. The Kier molecular flexibility index (Phi) is 5.61. The predicted molar refractivity (Wildman–Crippen MR) is 96.2 cm³/mol. The number of nitrogens with zero attached hydrogens (tertiary/aromatic N) is 3. The maximum Gasteiger partial charge on any atom is 0.136 e. The van der Waals surface area contributed by atoms with Crippen molar-refractivity contribution in [2.45, 2.75) is 26.4 Å². The smallest absolute Gasteiger partial charge is 0.136 e. The van der Waals surface area contributed by atoms with Crippen molar-refractivity contribution in [3.63, 3.8) is 0 Å². The number of nitrogens with one attached hydrogen (secondary N) is 1. The van der Waals surface area contributed by atoms with E-state index in [9.17, 15) is 0 Å². The van der Waals surface area contributed by atoms with E-state index in [1.807, 2.05) is 25.1 Å². The van der Waals surface area contributed by atoms with Crippen LogP contribution in [-0.4, -0.2) is 41.1 Å². The van der Waals surface area contributed by atoms with E-state index >= 15 is 0 Å². The van der Waals surface area contributed by atoms with Crippen LogP contribution < -0.4 is 11.1 Å². The molecule has 0 aliphatic carbocycles. The Hall–Kier alpha value is -2.18. The van der Waals surface area contributed by atoms with Gasteiger partial charge in [0.1, 0.15) is 11.6 Å². The summed E-state index contributed by atoms with van der Waals surface area (Å²) in [4.78, 5) is 11.3. The van der Waals surface area contributed by atoms with E-state index in [4.69, 9.17) is 10.5 Å². The molecule has 3 rings (SSSR count). The lowest BCUT2D eigenvalue weighted by Gasteiger charge is -2.14. The van der Waals surface area contributed by atoms with Gasteiger partial charge in [0.25, 0.3) is 0 Å². The lowest BCUT2D eigenvalue weighted by atomic mass is 10.2. The minimum absolute atomic E-state index is 0.521. The molecule has 0 unspecified atom stereocenters. The second-order valence-corrected chi connectivity index (χ2v) is 6.11. The molecule has 6 heteroatoms. The Morgan fingerprint density at radius 2 is 2.08 bits per heavy atom. The summed E-state index contributed by atoms with van der Waals surface area (Å²) >= 11 is 0. The fourth-order valence-electron chi connectivity index (χ4n) is 2.80. The molecule has 2 aromatic heterocycles. The third-order valence-electron chi connectivity index (χ3n) is 4.30. The number of aromatic nitrogens is 2. The zero-order valence-corrected chi connectivity index (χ0v) is 14.2. The van der Waals surface area contributed by atoms with Gasteiger partial charge in [-0.2, -0.15) is 0 Å². The Morgan fingerprint density at radius 3 is 2.92 bits per heavy atom. The number of rotatable bonds is 7. The van der Waals surface area contributed by atoms with Crippen LogP contribution in [0.4, 0.5) is 17.3 Å². The molecule has 128 valence electrons. The van der Waals surface area contributed by atoms with Gasteiger partial charge in [-0.25, -0.2) is 9.97 Å². The van der Waals surface area contributed by atoms with Crippen LogP contribution in [0.1, 0.15) is 24.1 Å². The number of hydrogen-bond donors (Lipinski definition) is 2. The van der Waals surface area contributed by atoms with E-state index in [1.54, 1.807) is 12.3 Å². The monoisotopic (exact) mass is 327 g/mol. The average Bonchev–Trinajstić information content (AvgIpc) is 3.10. The van der Waals surface area contributed by atoms with Crippen LogP contribution >= 0.6 is 0 Å². The zero-order valence-electron chi connectivity index (χ0n) is 14.2. The number of likely N-dealkylation sites (tertiary alicyclic amines) is 1. The molecule has 0 spiro atoms. The lowest BCUT2D eigenvalue weighted by Crippen LogP contribution is -2.24. The molecule has 0 bridgehead atoms. The van der Waals surface area contributed by atoms with Crippen LogP contribution in [0.15, 0.2) is 30.5 Å². The first-order chi connectivity index (χ1) is 11.7. The van der Waals surface area contributed by atoms with E-state index in [1.165, 1.54) is 25.9 Å². The molecule has 0 atom stereocenters. The topological polar surface area (TPSA) is 76.3 Å². The fourth-order valence-corrected chi connectivity index (χ4v) is 2.80. The Bertz CT molecular complexity index is 670. The van der Waals surface area contributed by atoms with Crippen LogP contribution in [0.3, 0.4) is 0 Å². The molecule has 6 nitrogen and oxygen atoms in total. The first-order valence-corrected chi connectivity index (χ1v) is 8.46. The first-order valence-electron chi connectivity index (χ1n) is 8.46. The van der Waals surface area contributed by atoms with E-state index < -0.39 is 0 Å². The molecule has 0 amide bonds. The minimum Gasteiger partial charge on any atom is -0.398 e. The highest BCUT2D eigenvalue weighted by Crippen LogP contribution is 2.21. The number of anilines is 3. The van der Waals surface area contributed by atoms with E-state index in [0.29, 0.717) is 12.3 Å². The molecule has 1 aliphatic rings. The average molecular weight is 327 g/mol. The molecule has 1 fully saturated rings. The van der Waals surface area contributed by atoms with Gasteiger partial charge in [-0.3, -0.25) is 0 Å². The second-order valence-electron chi connectivity index (χ2n) is 6.11. The fraction of sp³-hybridized carbons (Fsp3) is 0.444. The third-order valence-corrected chi connectivity index (χ3v) is 4.30. The van der Waals surface area contributed by atoms with E-state index in [0.717, 1.165) is 36.0 Å². The summed E-state index contributed by atoms with van der Waals surface area (Å²) in [5, 5.41) is 3.22. The predicted octanol–water partition coefficient (Wildman–Crippen LogP) is 2.72. The van der Waals surface area contributed by atoms with Gasteiger partial charge < -0.3 is 20.7 Å². The highest BCUT2D eigenvalue weighted by molar-refractivity contribution is 5.63. The Balaban J connectivity index is 1.52. The van der Waals surface area contributed by atoms with Gasteiger partial charge in [0.15, 0.2) is 0 Å².